The molecule has 2 aliphatic rings. The fraction of sp³-hybridized carbons (Fsp3) is 0.483. The molecule has 4 rings (SSSR count). The second kappa shape index (κ2) is 12.6. The zero-order valence-electron chi connectivity index (χ0n) is 25.2. The minimum atomic E-state index is -4.58. The Hall–Kier alpha value is -3.07. The standard InChI is InChI=1S/C29H34Cl2F3N5O5S/c1-16(2)37-15-24-38(45(43,44)23-11-10-19(30)13-20(23)31)14-21(35-27(42)36-28(3,4)5)25(40)39(24)22(26(37)41)12-17-6-8-18(9-7-17)29(32,33)34/h6-11,13,16,21-22,24H,12,14-15H2,1-5H3,(H2,35,36,42). The van der Waals surface area contributed by atoms with E-state index in [4.69, 9.17) is 23.2 Å². The van der Waals surface area contributed by atoms with Crippen LogP contribution in [0.1, 0.15) is 45.7 Å². The van der Waals surface area contributed by atoms with E-state index in [1.165, 1.54) is 35.2 Å². The van der Waals surface area contributed by atoms with Crippen LogP contribution in [0.4, 0.5) is 18.0 Å². The van der Waals surface area contributed by atoms with Gasteiger partial charge in [0.1, 0.15) is 23.1 Å². The number of sulfonamides is 1. The Balaban J connectivity index is 1.82. The van der Waals surface area contributed by atoms with E-state index in [1.54, 1.807) is 34.6 Å². The first-order valence-electron chi connectivity index (χ1n) is 14.0. The predicted octanol–water partition coefficient (Wildman–Crippen LogP) is 4.50. The van der Waals surface area contributed by atoms with Crippen LogP contribution in [0.2, 0.25) is 10.0 Å². The molecule has 0 spiro atoms. The van der Waals surface area contributed by atoms with E-state index in [9.17, 15) is 36.0 Å². The molecule has 2 saturated heterocycles. The normalized spacial score (nSPS) is 21.6. The quantitative estimate of drug-likeness (QED) is 0.463. The average Bonchev–Trinajstić information content (AvgIpc) is 2.89. The van der Waals surface area contributed by atoms with E-state index >= 15 is 0 Å². The molecule has 2 fully saturated rings. The summed E-state index contributed by atoms with van der Waals surface area (Å²) in [5.74, 6) is -1.23. The third kappa shape index (κ3) is 7.50. The zero-order chi connectivity index (χ0) is 33.6. The van der Waals surface area contributed by atoms with E-state index in [0.717, 1.165) is 21.3 Å². The topological polar surface area (TPSA) is 119 Å². The molecule has 246 valence electrons. The number of nitrogens with zero attached hydrogens (tertiary/aromatic N) is 3. The van der Waals surface area contributed by atoms with Gasteiger partial charge in [-0.05, 0) is 70.5 Å². The van der Waals surface area contributed by atoms with Gasteiger partial charge in [0.2, 0.25) is 21.8 Å². The summed E-state index contributed by atoms with van der Waals surface area (Å²) in [6, 6.07) is 4.12. The first kappa shape index (κ1) is 34.8. The number of amides is 4. The number of hydrogen-bond acceptors (Lipinski definition) is 5. The van der Waals surface area contributed by atoms with Gasteiger partial charge < -0.3 is 20.4 Å². The molecule has 0 radical (unpaired) electrons. The van der Waals surface area contributed by atoms with Crippen LogP contribution in [0.3, 0.4) is 0 Å². The highest BCUT2D eigenvalue weighted by molar-refractivity contribution is 7.89. The van der Waals surface area contributed by atoms with E-state index in [-0.39, 0.29) is 27.9 Å². The minimum absolute atomic E-state index is 0.171. The highest BCUT2D eigenvalue weighted by atomic mass is 35.5. The molecule has 0 bridgehead atoms. The van der Waals surface area contributed by atoms with Gasteiger partial charge in [-0.2, -0.15) is 17.5 Å². The minimum Gasteiger partial charge on any atom is -0.335 e. The number of hydrogen-bond donors (Lipinski definition) is 2. The molecule has 45 heavy (non-hydrogen) atoms. The highest BCUT2D eigenvalue weighted by Crippen LogP contribution is 2.35. The van der Waals surface area contributed by atoms with E-state index in [2.05, 4.69) is 10.6 Å². The van der Waals surface area contributed by atoms with Gasteiger partial charge >= 0.3 is 12.2 Å². The van der Waals surface area contributed by atoms with E-state index < -0.39 is 76.0 Å². The van der Waals surface area contributed by atoms with Crippen molar-refractivity contribution in [2.45, 2.75) is 81.9 Å². The Morgan fingerprint density at radius 1 is 1.00 bits per heavy atom. The number of rotatable bonds is 6. The van der Waals surface area contributed by atoms with Crippen molar-refractivity contribution >= 4 is 51.1 Å². The number of nitrogens with one attached hydrogen (secondary N) is 2. The second-order valence-electron chi connectivity index (χ2n) is 12.3. The van der Waals surface area contributed by atoms with Crippen LogP contribution in [-0.2, 0) is 32.2 Å². The van der Waals surface area contributed by atoms with Crippen molar-refractivity contribution in [1.29, 1.82) is 0 Å². The summed E-state index contributed by atoms with van der Waals surface area (Å²) in [5.41, 5.74) is -1.27. The number of carbonyl (C=O) groups excluding carboxylic acids is 3. The number of piperazine rings is 1. The summed E-state index contributed by atoms with van der Waals surface area (Å²) < 4.78 is 69.1. The molecular weight excluding hydrogens is 658 g/mol. The molecule has 4 amide bonds. The lowest BCUT2D eigenvalue weighted by Gasteiger charge is -2.54. The number of benzene rings is 2. The highest BCUT2D eigenvalue weighted by Gasteiger charge is 2.54. The molecule has 0 aromatic heterocycles. The van der Waals surface area contributed by atoms with E-state index in [1.807, 2.05) is 0 Å². The summed E-state index contributed by atoms with van der Waals surface area (Å²) in [6.07, 6.45) is -6.01. The Morgan fingerprint density at radius 2 is 1.62 bits per heavy atom. The van der Waals surface area contributed by atoms with E-state index in [0.29, 0.717) is 5.56 Å². The smallest absolute Gasteiger partial charge is 0.335 e. The maximum atomic E-state index is 14.2. The van der Waals surface area contributed by atoms with Gasteiger partial charge in [-0.25, -0.2) is 13.2 Å². The van der Waals surface area contributed by atoms with Gasteiger partial charge in [0.05, 0.1) is 17.1 Å². The van der Waals surface area contributed by atoms with Crippen LogP contribution in [-0.4, -0.2) is 83.3 Å². The molecule has 2 heterocycles. The Kier molecular flexibility index (Phi) is 9.75. The lowest BCUT2D eigenvalue weighted by Crippen LogP contribution is -2.76. The van der Waals surface area contributed by atoms with Crippen molar-refractivity contribution < 1.29 is 36.0 Å². The third-order valence-corrected chi connectivity index (χ3v) is 10.0. The van der Waals surface area contributed by atoms with Crippen molar-refractivity contribution in [2.24, 2.45) is 0 Å². The number of urea groups is 1. The summed E-state index contributed by atoms with van der Waals surface area (Å²) in [7, 11) is -4.48. The molecule has 3 unspecified atom stereocenters. The number of carbonyl (C=O) groups is 3. The fourth-order valence-electron chi connectivity index (χ4n) is 5.38. The summed E-state index contributed by atoms with van der Waals surface area (Å²) in [4.78, 5) is 43.1. The lowest BCUT2D eigenvalue weighted by molar-refractivity contribution is -0.168. The number of alkyl halides is 3. The van der Waals surface area contributed by atoms with Gasteiger partial charge in [-0.1, -0.05) is 35.3 Å². The number of halogens is 5. The van der Waals surface area contributed by atoms with Gasteiger partial charge in [0, 0.05) is 29.6 Å². The Labute approximate surface area is 269 Å². The van der Waals surface area contributed by atoms with Gasteiger partial charge in [0.25, 0.3) is 0 Å². The zero-order valence-corrected chi connectivity index (χ0v) is 27.5. The molecule has 2 aromatic rings. The van der Waals surface area contributed by atoms with Crippen LogP contribution in [0.15, 0.2) is 47.4 Å². The largest absolute Gasteiger partial charge is 0.416 e. The first-order valence-corrected chi connectivity index (χ1v) is 16.2. The van der Waals surface area contributed by atoms with Crippen LogP contribution in [0, 0.1) is 0 Å². The van der Waals surface area contributed by atoms with Crippen LogP contribution < -0.4 is 10.6 Å². The number of fused-ring (bicyclic) bond motifs is 1. The maximum absolute atomic E-state index is 14.2. The van der Waals surface area contributed by atoms with Crippen LogP contribution >= 0.6 is 23.2 Å². The molecule has 0 aliphatic carbocycles. The van der Waals surface area contributed by atoms with Crippen molar-refractivity contribution in [3.8, 4) is 0 Å². The molecule has 10 nitrogen and oxygen atoms in total. The van der Waals surface area contributed by atoms with Crippen LogP contribution in [0.5, 0.6) is 0 Å². The molecular formula is C29H34Cl2F3N5O5S. The lowest BCUT2D eigenvalue weighted by atomic mass is 9.96. The molecule has 2 N–H and O–H groups in total. The monoisotopic (exact) mass is 691 g/mol. The molecule has 16 heteroatoms. The Bertz CT molecular complexity index is 1580. The van der Waals surface area contributed by atoms with Gasteiger partial charge in [0.15, 0.2) is 0 Å². The molecule has 2 aliphatic heterocycles. The molecule has 2 aromatic carbocycles. The van der Waals surface area contributed by atoms with Crippen molar-refractivity contribution in [3.63, 3.8) is 0 Å². The summed E-state index contributed by atoms with van der Waals surface area (Å²) in [5, 5.41) is 5.23. The average molecular weight is 693 g/mol. The molecule has 0 saturated carbocycles. The van der Waals surface area contributed by atoms with Crippen molar-refractivity contribution in [1.82, 2.24) is 24.7 Å². The fourth-order valence-corrected chi connectivity index (χ4v) is 7.71. The van der Waals surface area contributed by atoms with Crippen molar-refractivity contribution in [3.05, 3.63) is 63.6 Å². The van der Waals surface area contributed by atoms with Gasteiger partial charge in [-0.3, -0.25) is 9.59 Å². The first-order chi connectivity index (χ1) is 20.7. The van der Waals surface area contributed by atoms with Crippen molar-refractivity contribution in [2.75, 3.05) is 13.1 Å². The summed E-state index contributed by atoms with van der Waals surface area (Å²) in [6.45, 7) is 7.92. The SMILES string of the molecule is CC(C)N1CC2N(C(=O)C(NC(=O)NC(C)(C)C)CN2S(=O)(=O)c2ccc(Cl)cc2Cl)C(Cc2ccc(C(F)(F)F)cc2)C1=O. The summed E-state index contributed by atoms with van der Waals surface area (Å²) >= 11 is 12.3. The Morgan fingerprint density at radius 3 is 2.16 bits per heavy atom. The van der Waals surface area contributed by atoms with Gasteiger partial charge in [-0.15, -0.1) is 0 Å². The van der Waals surface area contributed by atoms with Crippen LogP contribution in [0.25, 0.3) is 0 Å². The third-order valence-electron chi connectivity index (χ3n) is 7.44. The predicted molar refractivity (Wildman–Crippen MR) is 162 cm³/mol. The maximum Gasteiger partial charge on any atom is 0.416 e. The second-order valence-corrected chi connectivity index (χ2v) is 15.0. The molecule has 3 atom stereocenters.